The standard InChI is InChI=1S/C39H58O6/c1-23(19-24-11-9-8-10-12-24)33(42)45-27-20-28-37(7)21-25(40)31(26-13-14-30(44-26)35(4,5)43)36(37,6)17-18-38(28)22-39(38)16-15-29(41)34(2,3)32(27)39/h8-12,23,25-32,40-41,43H,13-22H2,1-7H3/t23-,25+,26?,27+,28?,29+,30+,31-,32+,36-,37+,38?,39-/m1/s1. The van der Waals surface area contributed by atoms with Gasteiger partial charge >= 0.3 is 5.97 Å². The summed E-state index contributed by atoms with van der Waals surface area (Å²) in [5, 5.41) is 34.0. The Labute approximate surface area is 270 Å². The minimum Gasteiger partial charge on any atom is -0.462 e. The first kappa shape index (κ1) is 32.1. The van der Waals surface area contributed by atoms with Gasteiger partial charge in [0.2, 0.25) is 0 Å². The quantitative estimate of drug-likeness (QED) is 0.315. The maximum absolute atomic E-state index is 13.9. The van der Waals surface area contributed by atoms with Crippen LogP contribution in [0.25, 0.3) is 0 Å². The topological polar surface area (TPSA) is 96.2 Å². The third-order valence-corrected chi connectivity index (χ3v) is 15.4. The second-order valence-electron chi connectivity index (χ2n) is 18.2. The number of esters is 1. The summed E-state index contributed by atoms with van der Waals surface area (Å²) in [5.41, 5.74) is -0.108. The highest BCUT2D eigenvalue weighted by molar-refractivity contribution is 5.72. The number of ether oxygens (including phenoxy) is 2. The Morgan fingerprint density at radius 2 is 1.71 bits per heavy atom. The number of carbonyl (C=O) groups excluding carboxylic acids is 1. The molecule has 3 N–H and O–H groups in total. The Bertz CT molecular complexity index is 1300. The van der Waals surface area contributed by atoms with Gasteiger partial charge in [-0.25, -0.2) is 0 Å². The van der Waals surface area contributed by atoms with E-state index in [-0.39, 0.29) is 69.1 Å². The maximum Gasteiger partial charge on any atom is 0.309 e. The van der Waals surface area contributed by atoms with Gasteiger partial charge in [0.1, 0.15) is 6.10 Å². The average molecular weight is 623 g/mol. The number of fused-ring (bicyclic) bond motifs is 2. The van der Waals surface area contributed by atoms with Crippen molar-refractivity contribution in [2.45, 2.75) is 149 Å². The molecule has 1 aromatic rings. The Morgan fingerprint density at radius 3 is 2.38 bits per heavy atom. The first-order valence-corrected chi connectivity index (χ1v) is 18.0. The first-order valence-electron chi connectivity index (χ1n) is 18.0. The van der Waals surface area contributed by atoms with Gasteiger partial charge < -0.3 is 24.8 Å². The van der Waals surface area contributed by atoms with Crippen molar-refractivity contribution in [3.8, 4) is 0 Å². The monoisotopic (exact) mass is 622 g/mol. The molecule has 5 saturated carbocycles. The molecule has 0 bridgehead atoms. The van der Waals surface area contributed by atoms with Gasteiger partial charge in [0, 0.05) is 11.8 Å². The molecule has 1 aromatic carbocycles. The molecule has 1 aliphatic heterocycles. The second-order valence-corrected chi connectivity index (χ2v) is 18.2. The fourth-order valence-electron chi connectivity index (χ4n) is 13.0. The minimum absolute atomic E-state index is 0.0242. The summed E-state index contributed by atoms with van der Waals surface area (Å²) in [4.78, 5) is 13.9. The van der Waals surface area contributed by atoms with Crippen LogP contribution in [0.5, 0.6) is 0 Å². The Hall–Kier alpha value is -1.47. The normalized spacial score (nSPS) is 48.8. The van der Waals surface area contributed by atoms with Crippen LogP contribution in [-0.2, 0) is 20.7 Å². The lowest BCUT2D eigenvalue weighted by Gasteiger charge is -2.64. The van der Waals surface area contributed by atoms with Crippen LogP contribution in [-0.4, -0.2) is 57.4 Å². The van der Waals surface area contributed by atoms with E-state index in [0.29, 0.717) is 12.3 Å². The van der Waals surface area contributed by atoms with E-state index in [1.54, 1.807) is 0 Å². The van der Waals surface area contributed by atoms with Gasteiger partial charge in [-0.2, -0.15) is 0 Å². The van der Waals surface area contributed by atoms with E-state index < -0.39 is 17.8 Å². The largest absolute Gasteiger partial charge is 0.462 e. The molecular formula is C39H58O6. The van der Waals surface area contributed by atoms with Gasteiger partial charge in [-0.05, 0) is 117 Å². The van der Waals surface area contributed by atoms with E-state index in [1.165, 1.54) is 0 Å². The van der Waals surface area contributed by atoms with Crippen molar-refractivity contribution in [3.05, 3.63) is 35.9 Å². The lowest BCUT2D eigenvalue weighted by Crippen LogP contribution is -2.62. The molecule has 13 atom stereocenters. The predicted molar refractivity (Wildman–Crippen MR) is 173 cm³/mol. The van der Waals surface area contributed by atoms with Gasteiger partial charge in [0.15, 0.2) is 0 Å². The van der Waals surface area contributed by atoms with Crippen LogP contribution < -0.4 is 0 Å². The lowest BCUT2D eigenvalue weighted by atomic mass is 9.41. The highest BCUT2D eigenvalue weighted by Crippen LogP contribution is 2.89. The number of hydrogen-bond acceptors (Lipinski definition) is 6. The van der Waals surface area contributed by atoms with E-state index in [2.05, 4.69) is 39.8 Å². The lowest BCUT2D eigenvalue weighted by molar-refractivity contribution is -0.215. The van der Waals surface area contributed by atoms with E-state index >= 15 is 0 Å². The van der Waals surface area contributed by atoms with Crippen molar-refractivity contribution in [3.63, 3.8) is 0 Å². The first-order chi connectivity index (χ1) is 21.0. The third-order valence-electron chi connectivity index (χ3n) is 15.4. The Morgan fingerprint density at radius 1 is 1.00 bits per heavy atom. The van der Waals surface area contributed by atoms with E-state index in [9.17, 15) is 20.1 Å². The zero-order chi connectivity index (χ0) is 32.4. The van der Waals surface area contributed by atoms with E-state index in [4.69, 9.17) is 9.47 Å². The number of carbonyl (C=O) groups is 1. The summed E-state index contributed by atoms with van der Waals surface area (Å²) in [5.74, 6) is 0.0984. The molecule has 0 amide bonds. The van der Waals surface area contributed by atoms with Crippen molar-refractivity contribution < 1.29 is 29.6 Å². The molecule has 1 heterocycles. The van der Waals surface area contributed by atoms with E-state index in [0.717, 1.165) is 63.4 Å². The van der Waals surface area contributed by atoms with Gasteiger partial charge in [-0.1, -0.05) is 65.0 Å². The highest BCUT2D eigenvalue weighted by Gasteiger charge is 2.85. The van der Waals surface area contributed by atoms with Crippen LogP contribution in [0.1, 0.15) is 112 Å². The number of benzene rings is 1. The van der Waals surface area contributed by atoms with Crippen molar-refractivity contribution in [2.24, 2.45) is 50.7 Å². The maximum atomic E-state index is 13.9. The van der Waals surface area contributed by atoms with Crippen LogP contribution in [0.2, 0.25) is 0 Å². The average Bonchev–Trinajstić information content (AvgIpc) is 3.22. The van der Waals surface area contributed by atoms with Crippen LogP contribution in [0.15, 0.2) is 30.3 Å². The van der Waals surface area contributed by atoms with E-state index in [1.807, 2.05) is 39.0 Å². The third kappa shape index (κ3) is 4.43. The number of hydrogen-bond donors (Lipinski definition) is 3. The molecule has 45 heavy (non-hydrogen) atoms. The summed E-state index contributed by atoms with van der Waals surface area (Å²) >= 11 is 0. The van der Waals surface area contributed by atoms with Gasteiger partial charge in [-0.3, -0.25) is 4.79 Å². The summed E-state index contributed by atoms with van der Waals surface area (Å²) in [6, 6.07) is 10.2. The smallest absolute Gasteiger partial charge is 0.309 e. The molecule has 6 heteroatoms. The predicted octanol–water partition coefficient (Wildman–Crippen LogP) is 6.48. The van der Waals surface area contributed by atoms with Gasteiger partial charge in [0.05, 0.1) is 35.9 Å². The zero-order valence-electron chi connectivity index (χ0n) is 28.7. The molecule has 6 nitrogen and oxygen atoms in total. The highest BCUT2D eigenvalue weighted by atomic mass is 16.5. The molecule has 7 rings (SSSR count). The van der Waals surface area contributed by atoms with Gasteiger partial charge in [0.25, 0.3) is 0 Å². The van der Waals surface area contributed by atoms with Crippen LogP contribution in [0, 0.1) is 50.7 Å². The van der Waals surface area contributed by atoms with Crippen molar-refractivity contribution in [1.29, 1.82) is 0 Å². The number of rotatable bonds is 6. The molecule has 0 radical (unpaired) electrons. The minimum atomic E-state index is -0.898. The molecule has 1 saturated heterocycles. The molecule has 6 aliphatic rings. The summed E-state index contributed by atoms with van der Waals surface area (Å²) < 4.78 is 13.3. The SMILES string of the molecule is C[C@H](Cc1ccccc1)C(=O)O[C@H]1CC2C3(CC[C@]4(C)[C@@H](C5CC[C@@H](C(C)(C)O)O5)[C@@H](O)C[C@@]24C)C[C@@]32CC[C@H](O)C(C)(C)[C@H]12. The zero-order valence-corrected chi connectivity index (χ0v) is 28.7. The Balaban J connectivity index is 1.21. The second kappa shape index (κ2) is 10.3. The van der Waals surface area contributed by atoms with Crippen LogP contribution in [0.3, 0.4) is 0 Å². The number of aliphatic hydroxyl groups excluding tert-OH is 2. The number of aliphatic hydroxyl groups is 3. The van der Waals surface area contributed by atoms with Crippen LogP contribution >= 0.6 is 0 Å². The van der Waals surface area contributed by atoms with Crippen molar-refractivity contribution in [1.82, 2.24) is 0 Å². The van der Waals surface area contributed by atoms with Crippen LogP contribution in [0.4, 0.5) is 0 Å². The summed E-state index contributed by atoms with van der Waals surface area (Å²) in [7, 11) is 0. The van der Waals surface area contributed by atoms with Crippen molar-refractivity contribution >= 4 is 5.97 Å². The van der Waals surface area contributed by atoms with Gasteiger partial charge in [-0.15, -0.1) is 0 Å². The summed E-state index contributed by atoms with van der Waals surface area (Å²) in [6.45, 7) is 14.9. The molecule has 5 aliphatic carbocycles. The summed E-state index contributed by atoms with van der Waals surface area (Å²) in [6.07, 6.45) is 7.63. The molecule has 2 spiro atoms. The molecule has 3 unspecified atom stereocenters. The molecular weight excluding hydrogens is 564 g/mol. The van der Waals surface area contributed by atoms with Crippen molar-refractivity contribution in [2.75, 3.05) is 0 Å². The molecule has 0 aromatic heterocycles. The fourth-order valence-corrected chi connectivity index (χ4v) is 13.0. The fraction of sp³-hybridized carbons (Fsp3) is 0.821. The molecule has 250 valence electrons. The molecule has 6 fully saturated rings. The Kier molecular flexibility index (Phi) is 7.32.